The van der Waals surface area contributed by atoms with Crippen molar-refractivity contribution in [3.8, 4) is 0 Å². The van der Waals surface area contributed by atoms with Gasteiger partial charge in [-0.2, -0.15) is 0 Å². The molecule has 1 aliphatic rings. The maximum Gasteiger partial charge on any atom is 0.246 e. The Bertz CT molecular complexity index is 639. The van der Waals surface area contributed by atoms with E-state index in [1.807, 2.05) is 0 Å². The summed E-state index contributed by atoms with van der Waals surface area (Å²) in [4.78, 5) is 24.1. The van der Waals surface area contributed by atoms with E-state index < -0.39 is 16.1 Å². The van der Waals surface area contributed by atoms with E-state index in [2.05, 4.69) is 5.32 Å². The molecule has 1 saturated heterocycles. The third kappa shape index (κ3) is 3.03. The van der Waals surface area contributed by atoms with Gasteiger partial charge in [-0.05, 0) is 17.7 Å². The molecule has 0 radical (unpaired) electrons. The van der Waals surface area contributed by atoms with Crippen LogP contribution in [0.4, 0.5) is 0 Å². The second kappa shape index (κ2) is 5.31. The Balaban J connectivity index is 1.99. The lowest BCUT2D eigenvalue weighted by Crippen LogP contribution is -2.36. The van der Waals surface area contributed by atoms with Crippen molar-refractivity contribution < 1.29 is 18.0 Å². The van der Waals surface area contributed by atoms with Crippen LogP contribution in [0.25, 0.3) is 0 Å². The van der Waals surface area contributed by atoms with Gasteiger partial charge in [0.15, 0.2) is 0 Å². The Morgan fingerprint density at radius 3 is 2.35 bits per heavy atom. The quantitative estimate of drug-likeness (QED) is 0.706. The molecule has 7 nitrogen and oxygen atoms in total. The summed E-state index contributed by atoms with van der Waals surface area (Å²) in [6.07, 6.45) is 0.143. The first-order valence-electron chi connectivity index (χ1n) is 5.94. The molecule has 1 unspecified atom stereocenters. The van der Waals surface area contributed by atoms with Crippen LogP contribution in [0.1, 0.15) is 12.0 Å². The van der Waals surface area contributed by atoms with Crippen LogP contribution in [0.15, 0.2) is 29.2 Å². The number of hydrogen-bond acceptors (Lipinski definition) is 5. The molecule has 0 aromatic heterocycles. The number of amides is 2. The number of primary sulfonamides is 1. The number of likely N-dealkylation sites (N-methyl/N-ethyl adjacent to an activating group) is 1. The Hall–Kier alpha value is -1.77. The van der Waals surface area contributed by atoms with Crippen molar-refractivity contribution in [1.29, 1.82) is 0 Å². The minimum Gasteiger partial charge on any atom is -0.301 e. The van der Waals surface area contributed by atoms with Crippen LogP contribution in [0, 0.1) is 0 Å². The number of likely N-dealkylation sites (tertiary alicyclic amines) is 1. The van der Waals surface area contributed by atoms with Gasteiger partial charge in [0.25, 0.3) is 0 Å². The maximum atomic E-state index is 11.7. The summed E-state index contributed by atoms with van der Waals surface area (Å²) in [5, 5.41) is 7.97. The molecule has 1 heterocycles. The first-order valence-corrected chi connectivity index (χ1v) is 7.49. The van der Waals surface area contributed by atoms with E-state index in [0.717, 1.165) is 10.5 Å². The van der Waals surface area contributed by atoms with Crippen LogP contribution < -0.4 is 10.5 Å². The lowest BCUT2D eigenvalue weighted by molar-refractivity contribution is -0.137. The van der Waals surface area contributed by atoms with Crippen LogP contribution in [-0.4, -0.2) is 38.2 Å². The third-order valence-electron chi connectivity index (χ3n) is 3.19. The summed E-state index contributed by atoms with van der Waals surface area (Å²) < 4.78 is 22.2. The van der Waals surface area contributed by atoms with Crippen molar-refractivity contribution in [2.75, 3.05) is 7.05 Å². The number of imide groups is 1. The number of benzene rings is 1. The van der Waals surface area contributed by atoms with Crippen LogP contribution in [-0.2, 0) is 26.2 Å². The van der Waals surface area contributed by atoms with Gasteiger partial charge in [0.05, 0.1) is 17.4 Å². The molecular formula is C12H15N3O4S. The average molecular weight is 297 g/mol. The fourth-order valence-electron chi connectivity index (χ4n) is 1.95. The molecule has 1 fully saturated rings. The van der Waals surface area contributed by atoms with E-state index in [9.17, 15) is 18.0 Å². The zero-order chi connectivity index (χ0) is 14.9. The summed E-state index contributed by atoms with van der Waals surface area (Å²) in [5.74, 6) is -0.465. The predicted molar refractivity (Wildman–Crippen MR) is 70.8 cm³/mol. The molecule has 20 heavy (non-hydrogen) atoms. The number of nitrogens with one attached hydrogen (secondary N) is 1. The number of nitrogens with zero attached hydrogens (tertiary/aromatic N) is 1. The van der Waals surface area contributed by atoms with E-state index in [1.165, 1.54) is 19.2 Å². The van der Waals surface area contributed by atoms with Gasteiger partial charge in [-0.3, -0.25) is 14.5 Å². The number of nitrogens with two attached hydrogens (primary N) is 1. The standard InChI is InChI=1S/C12H15N3O4S/c1-15-11(16)6-10(12(15)17)14-7-8-2-4-9(5-3-8)20(13,18)19/h2-5,10,14H,6-7H2,1H3,(H2,13,18,19). The third-order valence-corrected chi connectivity index (χ3v) is 4.12. The molecular weight excluding hydrogens is 282 g/mol. The Labute approximate surface area is 116 Å². The van der Waals surface area contributed by atoms with E-state index >= 15 is 0 Å². The topological polar surface area (TPSA) is 110 Å². The number of carbonyl (C=O) groups excluding carboxylic acids is 2. The first-order chi connectivity index (χ1) is 9.29. The van der Waals surface area contributed by atoms with Gasteiger partial charge in [0, 0.05) is 13.6 Å². The zero-order valence-corrected chi connectivity index (χ0v) is 11.7. The molecule has 1 aliphatic heterocycles. The lowest BCUT2D eigenvalue weighted by Gasteiger charge is -2.11. The molecule has 0 saturated carbocycles. The summed E-state index contributed by atoms with van der Waals surface area (Å²) in [6, 6.07) is 5.50. The number of hydrogen-bond donors (Lipinski definition) is 2. The molecule has 1 aromatic rings. The van der Waals surface area contributed by atoms with Crippen molar-refractivity contribution >= 4 is 21.8 Å². The highest BCUT2D eigenvalue weighted by molar-refractivity contribution is 7.89. The molecule has 0 aliphatic carbocycles. The van der Waals surface area contributed by atoms with Gasteiger partial charge in [0.2, 0.25) is 21.8 Å². The molecule has 0 spiro atoms. The minimum absolute atomic E-state index is 0.0353. The molecule has 3 N–H and O–H groups in total. The van der Waals surface area contributed by atoms with Crippen molar-refractivity contribution in [2.24, 2.45) is 5.14 Å². The lowest BCUT2D eigenvalue weighted by atomic mass is 10.2. The van der Waals surface area contributed by atoms with Gasteiger partial charge < -0.3 is 5.32 Å². The largest absolute Gasteiger partial charge is 0.301 e. The SMILES string of the molecule is CN1C(=O)CC(NCc2ccc(S(N)(=O)=O)cc2)C1=O. The minimum atomic E-state index is -3.70. The second-order valence-corrected chi connectivity index (χ2v) is 6.18. The molecule has 108 valence electrons. The highest BCUT2D eigenvalue weighted by Crippen LogP contribution is 2.12. The van der Waals surface area contributed by atoms with Gasteiger partial charge in [-0.15, -0.1) is 0 Å². The maximum absolute atomic E-state index is 11.7. The monoisotopic (exact) mass is 297 g/mol. The summed E-state index contributed by atoms with van der Waals surface area (Å²) in [6.45, 7) is 0.364. The summed E-state index contributed by atoms with van der Waals surface area (Å²) >= 11 is 0. The second-order valence-electron chi connectivity index (χ2n) is 4.62. The van der Waals surface area contributed by atoms with Crippen LogP contribution in [0.5, 0.6) is 0 Å². The predicted octanol–water partition coefficient (Wildman–Crippen LogP) is -0.819. The number of rotatable bonds is 4. The summed E-state index contributed by atoms with van der Waals surface area (Å²) in [5.41, 5.74) is 0.798. The zero-order valence-electron chi connectivity index (χ0n) is 10.9. The smallest absolute Gasteiger partial charge is 0.246 e. The van der Waals surface area contributed by atoms with Crippen LogP contribution in [0.3, 0.4) is 0 Å². The van der Waals surface area contributed by atoms with Crippen molar-refractivity contribution in [3.63, 3.8) is 0 Å². The van der Waals surface area contributed by atoms with Gasteiger partial charge in [-0.1, -0.05) is 12.1 Å². The molecule has 1 aromatic carbocycles. The van der Waals surface area contributed by atoms with Crippen molar-refractivity contribution in [2.45, 2.75) is 23.9 Å². The molecule has 8 heteroatoms. The average Bonchev–Trinajstić information content (AvgIpc) is 2.63. The van der Waals surface area contributed by atoms with Gasteiger partial charge in [0.1, 0.15) is 0 Å². The van der Waals surface area contributed by atoms with Crippen LogP contribution in [0.2, 0.25) is 0 Å². The normalized spacial score (nSPS) is 19.7. The molecule has 2 rings (SSSR count). The number of sulfonamides is 1. The van der Waals surface area contributed by atoms with Crippen molar-refractivity contribution in [3.05, 3.63) is 29.8 Å². The fourth-order valence-corrected chi connectivity index (χ4v) is 2.47. The highest BCUT2D eigenvalue weighted by Gasteiger charge is 2.35. The van der Waals surface area contributed by atoms with E-state index in [4.69, 9.17) is 5.14 Å². The van der Waals surface area contributed by atoms with Gasteiger partial charge in [-0.25, -0.2) is 13.6 Å². The van der Waals surface area contributed by atoms with E-state index in [1.54, 1.807) is 12.1 Å². The highest BCUT2D eigenvalue weighted by atomic mass is 32.2. The molecule has 1 atom stereocenters. The molecule has 0 bridgehead atoms. The van der Waals surface area contributed by atoms with Crippen LogP contribution >= 0.6 is 0 Å². The number of carbonyl (C=O) groups is 2. The Morgan fingerprint density at radius 1 is 1.30 bits per heavy atom. The van der Waals surface area contributed by atoms with E-state index in [0.29, 0.717) is 6.54 Å². The first kappa shape index (κ1) is 14.6. The summed E-state index contributed by atoms with van der Waals surface area (Å²) in [7, 11) is -2.25. The fraction of sp³-hybridized carbons (Fsp3) is 0.333. The van der Waals surface area contributed by atoms with Gasteiger partial charge >= 0.3 is 0 Å². The Kier molecular flexibility index (Phi) is 3.89. The van der Waals surface area contributed by atoms with E-state index in [-0.39, 0.29) is 23.1 Å². The molecule has 2 amide bonds. The Morgan fingerprint density at radius 2 is 1.90 bits per heavy atom. The van der Waals surface area contributed by atoms with Crippen molar-refractivity contribution in [1.82, 2.24) is 10.2 Å².